The van der Waals surface area contributed by atoms with E-state index >= 15 is 0 Å². The number of piperidine rings is 1. The predicted molar refractivity (Wildman–Crippen MR) is 71.4 cm³/mol. The first-order valence-electron chi connectivity index (χ1n) is 6.73. The summed E-state index contributed by atoms with van der Waals surface area (Å²) in [6.07, 6.45) is -4.20. The highest BCUT2D eigenvalue weighted by molar-refractivity contribution is 6.28. The lowest BCUT2D eigenvalue weighted by Gasteiger charge is -2.21. The molecule has 0 aromatic carbocycles. The molecule has 1 aromatic rings. The number of halogens is 4. The third-order valence-electron chi connectivity index (χ3n) is 4.30. The highest BCUT2D eigenvalue weighted by atomic mass is 35.5. The fourth-order valence-corrected chi connectivity index (χ4v) is 3.31. The maximum Gasteiger partial charge on any atom is 0.433 e. The van der Waals surface area contributed by atoms with Gasteiger partial charge in [0.05, 0.1) is 7.11 Å². The van der Waals surface area contributed by atoms with Crippen LogP contribution in [0.2, 0.25) is 5.28 Å². The second kappa shape index (κ2) is 5.26. The molecule has 1 unspecified atom stereocenters. The Hall–Kier alpha value is -1.57. The highest BCUT2D eigenvalue weighted by Gasteiger charge is 2.56. The van der Waals surface area contributed by atoms with E-state index in [-0.39, 0.29) is 17.7 Å². The number of hydrogen-bond acceptors (Lipinski definition) is 5. The zero-order valence-corrected chi connectivity index (χ0v) is 12.4. The molecule has 1 saturated heterocycles. The summed E-state index contributed by atoms with van der Waals surface area (Å²) in [4.78, 5) is 20.1. The third-order valence-corrected chi connectivity index (χ3v) is 4.47. The van der Waals surface area contributed by atoms with Gasteiger partial charge in [-0.2, -0.15) is 13.2 Å². The molecule has 0 spiro atoms. The first kappa shape index (κ1) is 15.3. The van der Waals surface area contributed by atoms with E-state index in [4.69, 9.17) is 11.6 Å². The summed E-state index contributed by atoms with van der Waals surface area (Å²) in [6, 6.07) is 0.909. The average molecular weight is 336 g/mol. The van der Waals surface area contributed by atoms with Crippen molar-refractivity contribution >= 4 is 23.4 Å². The molecule has 5 nitrogen and oxygen atoms in total. The van der Waals surface area contributed by atoms with Crippen LogP contribution in [0.25, 0.3) is 0 Å². The van der Waals surface area contributed by atoms with Crippen molar-refractivity contribution in [1.29, 1.82) is 0 Å². The van der Waals surface area contributed by atoms with Crippen LogP contribution in [0.1, 0.15) is 12.1 Å². The van der Waals surface area contributed by atoms with Gasteiger partial charge in [0.2, 0.25) is 5.28 Å². The first-order chi connectivity index (χ1) is 10.3. The van der Waals surface area contributed by atoms with Crippen LogP contribution >= 0.6 is 11.6 Å². The van der Waals surface area contributed by atoms with E-state index in [1.54, 1.807) is 4.90 Å². The second-order valence-corrected chi connectivity index (χ2v) is 5.89. The van der Waals surface area contributed by atoms with Crippen molar-refractivity contribution in [3.63, 3.8) is 0 Å². The van der Waals surface area contributed by atoms with Gasteiger partial charge in [-0.1, -0.05) is 0 Å². The number of ether oxygens (including phenoxy) is 1. The molecule has 0 radical (unpaired) electrons. The lowest BCUT2D eigenvalue weighted by molar-refractivity contribution is -0.142. The maximum absolute atomic E-state index is 12.7. The van der Waals surface area contributed by atoms with E-state index in [0.717, 1.165) is 6.07 Å². The van der Waals surface area contributed by atoms with Crippen molar-refractivity contribution in [2.75, 3.05) is 25.1 Å². The van der Waals surface area contributed by atoms with E-state index in [1.807, 2.05) is 0 Å². The van der Waals surface area contributed by atoms with E-state index in [0.29, 0.717) is 31.3 Å². The maximum atomic E-state index is 12.7. The fraction of sp³-hybridized carbons (Fsp3) is 0.615. The number of nitrogens with zero attached hydrogens (tertiary/aromatic N) is 3. The SMILES string of the molecule is COC(=O)CC1[C@H]2CN(c3cc(C(F)(F)F)nc(Cl)n3)C[C@@H]12. The van der Waals surface area contributed by atoms with Gasteiger partial charge >= 0.3 is 12.1 Å². The van der Waals surface area contributed by atoms with E-state index in [1.165, 1.54) is 7.11 Å². The van der Waals surface area contributed by atoms with Gasteiger partial charge in [-0.25, -0.2) is 9.97 Å². The van der Waals surface area contributed by atoms with Gasteiger partial charge in [-0.05, 0) is 29.4 Å². The number of carbonyl (C=O) groups is 1. The topological polar surface area (TPSA) is 55.3 Å². The van der Waals surface area contributed by atoms with Gasteiger partial charge < -0.3 is 9.64 Å². The van der Waals surface area contributed by atoms with Crippen LogP contribution in [-0.4, -0.2) is 36.1 Å². The number of alkyl halides is 3. The fourth-order valence-electron chi connectivity index (χ4n) is 3.13. The van der Waals surface area contributed by atoms with Gasteiger partial charge in [0.15, 0.2) is 5.69 Å². The first-order valence-corrected chi connectivity index (χ1v) is 7.11. The van der Waals surface area contributed by atoms with Gasteiger partial charge in [0.1, 0.15) is 5.82 Å². The Kier molecular flexibility index (Phi) is 3.66. The number of hydrogen-bond donors (Lipinski definition) is 0. The Bertz CT molecular complexity index is 599. The molecule has 3 atom stereocenters. The van der Waals surface area contributed by atoms with Crippen LogP contribution in [-0.2, 0) is 15.7 Å². The van der Waals surface area contributed by atoms with Crippen molar-refractivity contribution in [1.82, 2.24) is 9.97 Å². The van der Waals surface area contributed by atoms with Crippen molar-refractivity contribution in [3.05, 3.63) is 17.0 Å². The van der Waals surface area contributed by atoms with Crippen molar-refractivity contribution in [3.8, 4) is 0 Å². The number of carbonyl (C=O) groups excluding carboxylic acids is 1. The number of aromatic nitrogens is 2. The molecule has 9 heteroatoms. The van der Waals surface area contributed by atoms with Gasteiger partial charge in [0, 0.05) is 25.6 Å². The van der Waals surface area contributed by atoms with Gasteiger partial charge in [-0.15, -0.1) is 0 Å². The molecule has 0 bridgehead atoms. The van der Waals surface area contributed by atoms with Crippen LogP contribution < -0.4 is 4.90 Å². The summed E-state index contributed by atoms with van der Waals surface area (Å²) in [5, 5.41) is -0.420. The minimum atomic E-state index is -4.56. The van der Waals surface area contributed by atoms with Crippen molar-refractivity contribution in [2.24, 2.45) is 17.8 Å². The summed E-state index contributed by atoms with van der Waals surface area (Å²) in [6.45, 7) is 1.13. The molecule has 2 heterocycles. The lowest BCUT2D eigenvalue weighted by Crippen LogP contribution is -2.26. The number of esters is 1. The Morgan fingerprint density at radius 3 is 2.59 bits per heavy atom. The highest BCUT2D eigenvalue weighted by Crippen LogP contribution is 2.54. The molecule has 0 amide bonds. The number of anilines is 1. The quantitative estimate of drug-likeness (QED) is 0.627. The molecule has 1 aliphatic heterocycles. The predicted octanol–water partition coefficient (Wildman–Crippen LogP) is 2.39. The Morgan fingerprint density at radius 1 is 1.41 bits per heavy atom. The second-order valence-electron chi connectivity index (χ2n) is 5.55. The molecule has 3 rings (SSSR count). The molecule has 1 saturated carbocycles. The molecule has 1 aliphatic carbocycles. The molecule has 2 fully saturated rings. The van der Waals surface area contributed by atoms with Gasteiger partial charge in [0.25, 0.3) is 0 Å². The minimum Gasteiger partial charge on any atom is -0.469 e. The van der Waals surface area contributed by atoms with E-state index in [9.17, 15) is 18.0 Å². The average Bonchev–Trinajstić information content (AvgIpc) is 2.89. The molecular formula is C13H13ClF3N3O2. The largest absolute Gasteiger partial charge is 0.469 e. The van der Waals surface area contributed by atoms with Crippen LogP contribution in [0, 0.1) is 17.8 Å². The normalized spacial score (nSPS) is 26.8. The third kappa shape index (κ3) is 2.84. The van der Waals surface area contributed by atoms with Crippen LogP contribution in [0.15, 0.2) is 6.07 Å². The van der Waals surface area contributed by atoms with Crippen molar-refractivity contribution in [2.45, 2.75) is 12.6 Å². The van der Waals surface area contributed by atoms with Crippen LogP contribution in [0.4, 0.5) is 19.0 Å². The van der Waals surface area contributed by atoms with E-state index in [2.05, 4.69) is 14.7 Å². The summed E-state index contributed by atoms with van der Waals surface area (Å²) in [7, 11) is 1.34. The molecule has 22 heavy (non-hydrogen) atoms. The Morgan fingerprint density at radius 2 is 2.05 bits per heavy atom. The summed E-state index contributed by atoms with van der Waals surface area (Å²) >= 11 is 5.59. The zero-order valence-electron chi connectivity index (χ0n) is 11.6. The summed E-state index contributed by atoms with van der Waals surface area (Å²) in [5.74, 6) is 0.763. The minimum absolute atomic E-state index is 0.177. The number of rotatable bonds is 3. The molecule has 2 aliphatic rings. The number of methoxy groups -OCH3 is 1. The van der Waals surface area contributed by atoms with Crippen molar-refractivity contribution < 1.29 is 22.7 Å². The Labute approximate surface area is 129 Å². The zero-order chi connectivity index (χ0) is 16.1. The monoisotopic (exact) mass is 335 g/mol. The molecule has 120 valence electrons. The van der Waals surface area contributed by atoms with E-state index < -0.39 is 17.2 Å². The lowest BCUT2D eigenvalue weighted by atomic mass is 10.2. The van der Waals surface area contributed by atoms with Crippen LogP contribution in [0.5, 0.6) is 0 Å². The molecular weight excluding hydrogens is 323 g/mol. The standard InChI is InChI=1S/C13H13ClF3N3O2/c1-22-11(21)2-6-7-4-20(5-8(6)7)10-3-9(13(15,16)17)18-12(14)19-10/h3,6-8H,2,4-5H2,1H3/t6?,7-,8+. The summed E-state index contributed by atoms with van der Waals surface area (Å²) < 4.78 is 42.9. The van der Waals surface area contributed by atoms with Gasteiger partial charge in [-0.3, -0.25) is 4.79 Å². The smallest absolute Gasteiger partial charge is 0.433 e. The number of fused-ring (bicyclic) bond motifs is 1. The molecule has 0 N–H and O–H groups in total. The Balaban J connectivity index is 1.69. The summed E-state index contributed by atoms with van der Waals surface area (Å²) in [5.41, 5.74) is -1.05. The molecule has 1 aromatic heterocycles. The van der Waals surface area contributed by atoms with Crippen LogP contribution in [0.3, 0.4) is 0 Å².